The Morgan fingerprint density at radius 2 is 1.85 bits per heavy atom. The second kappa shape index (κ2) is 9.02. The van der Waals surface area contributed by atoms with Gasteiger partial charge in [-0.15, -0.1) is 0 Å². The van der Waals surface area contributed by atoms with Gasteiger partial charge in [-0.25, -0.2) is 4.98 Å². The van der Waals surface area contributed by atoms with Gasteiger partial charge in [0, 0.05) is 61.1 Å². The largest absolute Gasteiger partial charge is 0.494 e. The summed E-state index contributed by atoms with van der Waals surface area (Å²) in [6, 6.07) is 8.28. The lowest BCUT2D eigenvalue weighted by Crippen LogP contribution is -2.44. The van der Waals surface area contributed by atoms with Gasteiger partial charge in [0.05, 0.1) is 12.8 Å². The number of rotatable bonds is 5. The Kier molecular flexibility index (Phi) is 5.93. The van der Waals surface area contributed by atoms with Crippen LogP contribution in [0.25, 0.3) is 11.0 Å². The van der Waals surface area contributed by atoms with Crippen molar-refractivity contribution in [3.8, 4) is 5.75 Å². The number of piperazine rings is 1. The highest BCUT2D eigenvalue weighted by Crippen LogP contribution is 2.33. The SMILES string of the molecule is COc1cc(N2CCN(C)CC2)ccc1Nc1ncc2cc(C)c(=O)n(C3CCCC3)c2n1. The summed E-state index contributed by atoms with van der Waals surface area (Å²) in [5, 5.41) is 4.21. The van der Waals surface area contributed by atoms with Crippen molar-refractivity contribution in [1.29, 1.82) is 0 Å². The van der Waals surface area contributed by atoms with Gasteiger partial charge in [0.1, 0.15) is 11.4 Å². The molecular weight excluding hydrogens is 416 g/mol. The summed E-state index contributed by atoms with van der Waals surface area (Å²) in [6.07, 6.45) is 6.15. The zero-order chi connectivity index (χ0) is 22.9. The smallest absolute Gasteiger partial charge is 0.255 e. The first-order valence-electron chi connectivity index (χ1n) is 11.8. The number of nitrogens with one attached hydrogen (secondary N) is 1. The van der Waals surface area contributed by atoms with Gasteiger partial charge in [-0.05, 0) is 45.0 Å². The topological polar surface area (TPSA) is 75.5 Å². The molecule has 3 aromatic rings. The van der Waals surface area contributed by atoms with Crippen LogP contribution in [0.5, 0.6) is 5.75 Å². The molecule has 1 saturated heterocycles. The predicted molar refractivity (Wildman–Crippen MR) is 132 cm³/mol. The maximum absolute atomic E-state index is 13.0. The number of anilines is 3. The summed E-state index contributed by atoms with van der Waals surface area (Å²) in [4.78, 5) is 27.0. The highest BCUT2D eigenvalue weighted by Gasteiger charge is 2.22. The Morgan fingerprint density at radius 1 is 1.09 bits per heavy atom. The van der Waals surface area contributed by atoms with E-state index in [1.807, 2.05) is 23.6 Å². The van der Waals surface area contributed by atoms with E-state index in [4.69, 9.17) is 9.72 Å². The van der Waals surface area contributed by atoms with Crippen LogP contribution < -0.4 is 20.5 Å². The fourth-order valence-corrected chi connectivity index (χ4v) is 4.98. The van der Waals surface area contributed by atoms with Crippen LogP contribution in [0, 0.1) is 6.92 Å². The van der Waals surface area contributed by atoms with Gasteiger partial charge < -0.3 is 19.9 Å². The maximum atomic E-state index is 13.0. The fraction of sp³-hybridized carbons (Fsp3) is 0.480. The molecule has 2 aliphatic rings. The zero-order valence-corrected chi connectivity index (χ0v) is 19.7. The number of aryl methyl sites for hydroxylation is 1. The van der Waals surface area contributed by atoms with E-state index in [9.17, 15) is 4.79 Å². The molecule has 2 aromatic heterocycles. The molecule has 1 aliphatic carbocycles. The molecule has 3 heterocycles. The standard InChI is InChI=1S/C25H32N6O2/c1-17-14-18-16-26-25(28-23(18)31(24(17)32)19-6-4-5-7-19)27-21-9-8-20(15-22(21)33-3)30-12-10-29(2)11-13-30/h8-9,14-16,19H,4-7,10-13H2,1-3H3,(H,26,27,28). The van der Waals surface area contributed by atoms with Gasteiger partial charge in [-0.3, -0.25) is 9.36 Å². The maximum Gasteiger partial charge on any atom is 0.255 e. The average Bonchev–Trinajstić information content (AvgIpc) is 3.35. The lowest BCUT2D eigenvalue weighted by molar-refractivity contribution is 0.312. The summed E-state index contributed by atoms with van der Waals surface area (Å²) in [5.41, 5.74) is 3.43. The number of ether oxygens (including phenoxy) is 1. The van der Waals surface area contributed by atoms with Crippen molar-refractivity contribution in [2.24, 2.45) is 0 Å². The lowest BCUT2D eigenvalue weighted by Gasteiger charge is -2.34. The van der Waals surface area contributed by atoms with Gasteiger partial charge in [-0.2, -0.15) is 4.98 Å². The summed E-state index contributed by atoms with van der Waals surface area (Å²) < 4.78 is 7.57. The van der Waals surface area contributed by atoms with Gasteiger partial charge >= 0.3 is 0 Å². The number of aromatic nitrogens is 3. The van der Waals surface area contributed by atoms with E-state index < -0.39 is 0 Å². The molecule has 0 spiro atoms. The Labute approximate surface area is 194 Å². The van der Waals surface area contributed by atoms with Crippen LogP contribution in [-0.4, -0.2) is 59.8 Å². The third kappa shape index (κ3) is 4.27. The molecule has 2 fully saturated rings. The third-order valence-electron chi connectivity index (χ3n) is 6.94. The predicted octanol–water partition coefficient (Wildman–Crippen LogP) is 3.72. The molecule has 1 aliphatic heterocycles. The number of pyridine rings is 1. The molecule has 0 atom stereocenters. The van der Waals surface area contributed by atoms with Gasteiger partial charge in [0.25, 0.3) is 5.56 Å². The molecule has 0 radical (unpaired) electrons. The second-order valence-corrected chi connectivity index (χ2v) is 9.21. The van der Waals surface area contributed by atoms with E-state index in [1.165, 1.54) is 0 Å². The molecule has 0 amide bonds. The van der Waals surface area contributed by atoms with Gasteiger partial charge in [-0.1, -0.05) is 12.8 Å². The average molecular weight is 449 g/mol. The van der Waals surface area contributed by atoms with Crippen LogP contribution >= 0.6 is 0 Å². The summed E-state index contributed by atoms with van der Waals surface area (Å²) in [7, 11) is 3.83. The minimum absolute atomic E-state index is 0.0492. The van der Waals surface area contributed by atoms with E-state index in [-0.39, 0.29) is 11.6 Å². The van der Waals surface area contributed by atoms with E-state index >= 15 is 0 Å². The molecular formula is C25H32N6O2. The summed E-state index contributed by atoms with van der Waals surface area (Å²) in [5.74, 6) is 1.20. The Morgan fingerprint density at radius 3 is 2.58 bits per heavy atom. The van der Waals surface area contributed by atoms with Crippen molar-refractivity contribution in [1.82, 2.24) is 19.4 Å². The van der Waals surface area contributed by atoms with Crippen molar-refractivity contribution < 1.29 is 4.74 Å². The number of likely N-dealkylation sites (N-methyl/N-ethyl adjacent to an activating group) is 1. The molecule has 8 heteroatoms. The first-order chi connectivity index (χ1) is 16.0. The van der Waals surface area contributed by atoms with Gasteiger partial charge in [0.15, 0.2) is 0 Å². The third-order valence-corrected chi connectivity index (χ3v) is 6.94. The van der Waals surface area contributed by atoms with E-state index in [0.717, 1.165) is 79.9 Å². The second-order valence-electron chi connectivity index (χ2n) is 9.21. The normalized spacial score (nSPS) is 17.6. The van der Waals surface area contributed by atoms with Gasteiger partial charge in [0.2, 0.25) is 5.95 Å². The van der Waals surface area contributed by atoms with E-state index in [0.29, 0.717) is 11.6 Å². The zero-order valence-electron chi connectivity index (χ0n) is 19.7. The van der Waals surface area contributed by atoms with E-state index in [1.54, 1.807) is 13.3 Å². The molecule has 1 N–H and O–H groups in total. The molecule has 1 aromatic carbocycles. The Bertz CT molecular complexity index is 1210. The van der Waals surface area contributed by atoms with Crippen LogP contribution in [-0.2, 0) is 0 Å². The molecule has 1 saturated carbocycles. The van der Waals surface area contributed by atoms with E-state index in [2.05, 4.69) is 39.3 Å². The van der Waals surface area contributed by atoms with Crippen molar-refractivity contribution in [2.75, 3.05) is 50.6 Å². The molecule has 0 bridgehead atoms. The van der Waals surface area contributed by atoms with Crippen molar-refractivity contribution >= 4 is 28.4 Å². The Hall–Kier alpha value is -3.13. The first kappa shape index (κ1) is 21.7. The minimum atomic E-state index is 0.0492. The lowest BCUT2D eigenvalue weighted by atomic mass is 10.2. The monoisotopic (exact) mass is 448 g/mol. The van der Waals surface area contributed by atoms with Crippen molar-refractivity contribution in [3.05, 3.63) is 46.4 Å². The van der Waals surface area contributed by atoms with Crippen molar-refractivity contribution in [3.63, 3.8) is 0 Å². The molecule has 0 unspecified atom stereocenters. The number of hydrogen-bond donors (Lipinski definition) is 1. The molecule has 5 rings (SSSR count). The number of hydrogen-bond acceptors (Lipinski definition) is 7. The van der Waals surface area contributed by atoms with Crippen LogP contribution in [0.2, 0.25) is 0 Å². The number of fused-ring (bicyclic) bond motifs is 1. The highest BCUT2D eigenvalue weighted by molar-refractivity contribution is 5.77. The van der Waals surface area contributed by atoms with Crippen LogP contribution in [0.15, 0.2) is 35.3 Å². The molecule has 8 nitrogen and oxygen atoms in total. The fourth-order valence-electron chi connectivity index (χ4n) is 4.98. The first-order valence-corrected chi connectivity index (χ1v) is 11.8. The number of benzene rings is 1. The summed E-state index contributed by atoms with van der Waals surface area (Å²) >= 11 is 0. The van der Waals surface area contributed by atoms with Crippen LogP contribution in [0.4, 0.5) is 17.3 Å². The summed E-state index contributed by atoms with van der Waals surface area (Å²) in [6.45, 7) is 5.97. The Balaban J connectivity index is 1.47. The molecule has 174 valence electrons. The highest BCUT2D eigenvalue weighted by atomic mass is 16.5. The van der Waals surface area contributed by atoms with Crippen molar-refractivity contribution in [2.45, 2.75) is 38.6 Å². The van der Waals surface area contributed by atoms with Crippen LogP contribution in [0.1, 0.15) is 37.3 Å². The number of nitrogens with zero attached hydrogens (tertiary/aromatic N) is 5. The minimum Gasteiger partial charge on any atom is -0.494 e. The van der Waals surface area contributed by atoms with Crippen LogP contribution in [0.3, 0.4) is 0 Å². The number of methoxy groups -OCH3 is 1. The quantitative estimate of drug-likeness (QED) is 0.638. The molecule has 33 heavy (non-hydrogen) atoms.